The van der Waals surface area contributed by atoms with Crippen molar-refractivity contribution >= 4 is 17.9 Å². The fourth-order valence-corrected chi connectivity index (χ4v) is 2.96. The van der Waals surface area contributed by atoms with Gasteiger partial charge in [-0.2, -0.15) is 0 Å². The molecule has 0 saturated heterocycles. The number of aldehydes is 1. The molecule has 0 aliphatic carbocycles. The molecule has 0 rings (SSSR count). The molecule has 28 heavy (non-hydrogen) atoms. The van der Waals surface area contributed by atoms with Crippen LogP contribution in [0.5, 0.6) is 0 Å². The number of rotatable bonds is 15. The molecule has 0 aliphatic heterocycles. The number of hydrogen-bond donors (Lipinski definition) is 3. The summed E-state index contributed by atoms with van der Waals surface area (Å²) in [4.78, 5) is 11.6. The van der Waals surface area contributed by atoms with Crippen molar-refractivity contribution in [2.75, 3.05) is 40.3 Å². The molecule has 5 nitrogen and oxygen atoms in total. The van der Waals surface area contributed by atoms with Crippen molar-refractivity contribution in [1.29, 1.82) is 0 Å². The Labute approximate surface area is 174 Å². The van der Waals surface area contributed by atoms with Crippen LogP contribution in [-0.2, 0) is 9.53 Å². The smallest absolute Gasteiger partial charge is 0.147 e. The Balaban J connectivity index is 5.08. The van der Waals surface area contributed by atoms with Gasteiger partial charge in [0, 0.05) is 49.1 Å². The normalized spacial score (nSPS) is 14.2. The lowest BCUT2D eigenvalue weighted by Crippen LogP contribution is -2.32. The lowest BCUT2D eigenvalue weighted by molar-refractivity contribution is -0.105. The molecular formula is C21H35ClFN3O2. The second kappa shape index (κ2) is 15.3. The van der Waals surface area contributed by atoms with Crippen molar-refractivity contribution in [3.05, 3.63) is 46.6 Å². The molecule has 0 atom stereocenters. The van der Waals surface area contributed by atoms with Crippen molar-refractivity contribution in [1.82, 2.24) is 16.0 Å². The summed E-state index contributed by atoms with van der Waals surface area (Å²) in [6.45, 7) is 8.44. The molecule has 0 radical (unpaired) electrons. The maximum atomic E-state index is 12.4. The van der Waals surface area contributed by atoms with Gasteiger partial charge in [0.2, 0.25) is 0 Å². The highest BCUT2D eigenvalue weighted by Gasteiger charge is 2.21. The third-order valence-electron chi connectivity index (χ3n) is 4.13. The van der Waals surface area contributed by atoms with Gasteiger partial charge in [-0.1, -0.05) is 31.5 Å². The highest BCUT2D eigenvalue weighted by atomic mass is 35.5. The molecule has 0 aromatic heterocycles. The number of halogens is 2. The van der Waals surface area contributed by atoms with E-state index in [0.717, 1.165) is 36.1 Å². The van der Waals surface area contributed by atoms with Gasteiger partial charge < -0.3 is 20.7 Å². The standard InChI is InChI=1S/C21H35ClFN3O2/c1-6-28-20(13-22)17(8-7-10-23)14-26-16-21(2,3)12-18(15-27)19(25-5)9-11-24-4/h7-8,10,13,15,24-26H,6,9,11-12,14,16H2,1-5H3/b10-7+,17-8-,19-18-,20-13+. The van der Waals surface area contributed by atoms with Crippen molar-refractivity contribution in [2.45, 2.75) is 33.6 Å². The van der Waals surface area contributed by atoms with Gasteiger partial charge in [0.05, 0.1) is 12.9 Å². The van der Waals surface area contributed by atoms with Crippen LogP contribution in [0.15, 0.2) is 46.6 Å². The lowest BCUT2D eigenvalue weighted by Gasteiger charge is -2.27. The molecular weight excluding hydrogens is 381 g/mol. The van der Waals surface area contributed by atoms with Gasteiger partial charge in [0.1, 0.15) is 12.0 Å². The summed E-state index contributed by atoms with van der Waals surface area (Å²) in [6, 6.07) is 0. The van der Waals surface area contributed by atoms with E-state index >= 15 is 0 Å². The molecule has 3 N–H and O–H groups in total. The molecule has 0 heterocycles. The van der Waals surface area contributed by atoms with Crippen LogP contribution in [-0.4, -0.2) is 46.6 Å². The van der Waals surface area contributed by atoms with Crippen molar-refractivity contribution in [3.8, 4) is 0 Å². The summed E-state index contributed by atoms with van der Waals surface area (Å²) < 4.78 is 17.9. The fraction of sp³-hybridized carbons (Fsp3) is 0.571. The highest BCUT2D eigenvalue weighted by molar-refractivity contribution is 6.25. The quantitative estimate of drug-likeness (QED) is 0.164. The van der Waals surface area contributed by atoms with E-state index < -0.39 is 0 Å². The van der Waals surface area contributed by atoms with Crippen LogP contribution in [0.3, 0.4) is 0 Å². The fourth-order valence-electron chi connectivity index (χ4n) is 2.76. The van der Waals surface area contributed by atoms with Crippen LogP contribution in [0, 0.1) is 5.41 Å². The van der Waals surface area contributed by atoms with Crippen molar-refractivity contribution < 1.29 is 13.9 Å². The molecule has 0 aromatic rings. The maximum absolute atomic E-state index is 12.4. The monoisotopic (exact) mass is 415 g/mol. The lowest BCUT2D eigenvalue weighted by atomic mass is 9.84. The van der Waals surface area contributed by atoms with Gasteiger partial charge in [-0.25, -0.2) is 4.39 Å². The first kappa shape index (κ1) is 26.4. The van der Waals surface area contributed by atoms with E-state index in [2.05, 4.69) is 29.8 Å². The molecule has 0 aliphatic rings. The third-order valence-corrected chi connectivity index (χ3v) is 4.33. The molecule has 160 valence electrons. The van der Waals surface area contributed by atoms with Crippen LogP contribution in [0.2, 0.25) is 0 Å². The Bertz CT molecular complexity index is 584. The van der Waals surface area contributed by atoms with Crippen molar-refractivity contribution in [2.24, 2.45) is 5.41 Å². The third kappa shape index (κ3) is 10.6. The maximum Gasteiger partial charge on any atom is 0.147 e. The molecule has 0 saturated carbocycles. The van der Waals surface area contributed by atoms with Crippen LogP contribution in [0.1, 0.15) is 33.6 Å². The number of carbonyl (C=O) groups excluding carboxylic acids is 1. The molecule has 0 bridgehead atoms. The van der Waals surface area contributed by atoms with E-state index in [1.807, 2.05) is 21.0 Å². The minimum atomic E-state index is -0.157. The summed E-state index contributed by atoms with van der Waals surface area (Å²) in [6.07, 6.45) is 5.73. The van der Waals surface area contributed by atoms with Crippen molar-refractivity contribution in [3.63, 3.8) is 0 Å². The van der Waals surface area contributed by atoms with Gasteiger partial charge in [-0.3, -0.25) is 4.79 Å². The van der Waals surface area contributed by atoms with Crippen LogP contribution >= 0.6 is 11.6 Å². The summed E-state index contributed by atoms with van der Waals surface area (Å²) in [5.41, 5.74) is 3.67. The largest absolute Gasteiger partial charge is 0.493 e. The number of carbonyl (C=O) groups is 1. The number of hydrogen-bond acceptors (Lipinski definition) is 5. The van der Waals surface area contributed by atoms with Crippen LogP contribution in [0.4, 0.5) is 4.39 Å². The van der Waals surface area contributed by atoms with E-state index in [0.29, 0.717) is 38.2 Å². The van der Waals surface area contributed by atoms with E-state index in [1.54, 1.807) is 6.08 Å². The molecule has 0 aromatic carbocycles. The predicted octanol–water partition coefficient (Wildman–Crippen LogP) is 3.80. The minimum Gasteiger partial charge on any atom is -0.493 e. The average molecular weight is 416 g/mol. The van der Waals surface area contributed by atoms with E-state index in [-0.39, 0.29) is 5.41 Å². The first-order chi connectivity index (χ1) is 13.4. The summed E-state index contributed by atoms with van der Waals surface area (Å²) in [5.74, 6) is 0.505. The minimum absolute atomic E-state index is 0.157. The highest BCUT2D eigenvalue weighted by Crippen LogP contribution is 2.26. The summed E-state index contributed by atoms with van der Waals surface area (Å²) in [7, 11) is 3.72. The Morgan fingerprint density at radius 2 is 2.00 bits per heavy atom. The Morgan fingerprint density at radius 1 is 1.29 bits per heavy atom. The second-order valence-corrected chi connectivity index (χ2v) is 7.30. The van der Waals surface area contributed by atoms with E-state index in [9.17, 15) is 9.18 Å². The average Bonchev–Trinajstić information content (AvgIpc) is 2.68. The van der Waals surface area contributed by atoms with E-state index in [4.69, 9.17) is 16.3 Å². The summed E-state index contributed by atoms with van der Waals surface area (Å²) >= 11 is 5.84. The number of nitrogens with one attached hydrogen (secondary N) is 3. The Kier molecular flexibility index (Phi) is 14.4. The zero-order valence-corrected chi connectivity index (χ0v) is 18.5. The zero-order valence-electron chi connectivity index (χ0n) is 17.7. The first-order valence-electron chi connectivity index (χ1n) is 9.48. The first-order valence-corrected chi connectivity index (χ1v) is 9.92. The van der Waals surface area contributed by atoms with E-state index in [1.165, 1.54) is 11.6 Å². The zero-order chi connectivity index (χ0) is 21.4. The molecule has 7 heteroatoms. The Hall–Kier alpha value is -1.63. The van der Waals surface area contributed by atoms with Gasteiger partial charge in [0.25, 0.3) is 0 Å². The summed E-state index contributed by atoms with van der Waals surface area (Å²) in [5, 5.41) is 9.60. The van der Waals surface area contributed by atoms with Gasteiger partial charge in [-0.05, 0) is 38.3 Å². The van der Waals surface area contributed by atoms with Gasteiger partial charge >= 0.3 is 0 Å². The topological polar surface area (TPSA) is 62.4 Å². The van der Waals surface area contributed by atoms with Gasteiger partial charge in [0.15, 0.2) is 0 Å². The number of ether oxygens (including phenoxy) is 1. The Morgan fingerprint density at radius 3 is 2.50 bits per heavy atom. The predicted molar refractivity (Wildman–Crippen MR) is 116 cm³/mol. The SMILES string of the molecule is CCOC(=C/Cl)/C(=C\C=C\F)CNCC(C)(C)C/C(C=O)=C(\CCNC)NC. The molecule has 0 spiro atoms. The second-order valence-electron chi connectivity index (χ2n) is 7.09. The number of allylic oxidation sites excluding steroid dienone is 3. The van der Waals surface area contributed by atoms with Crippen LogP contribution in [0.25, 0.3) is 0 Å². The molecule has 0 fully saturated rings. The molecule has 0 amide bonds. The molecule has 0 unspecified atom stereocenters. The van der Waals surface area contributed by atoms with Gasteiger partial charge in [-0.15, -0.1) is 0 Å². The van der Waals surface area contributed by atoms with Crippen LogP contribution < -0.4 is 16.0 Å².